The zero-order valence-electron chi connectivity index (χ0n) is 9.45. The van der Waals surface area contributed by atoms with Gasteiger partial charge in [-0.1, -0.05) is 61.2 Å². The highest BCUT2D eigenvalue weighted by molar-refractivity contribution is 5.89. The minimum absolute atomic E-state index is 0.374. The van der Waals surface area contributed by atoms with Gasteiger partial charge >= 0.3 is 5.97 Å². The van der Waals surface area contributed by atoms with Crippen LogP contribution in [0.3, 0.4) is 0 Å². The Morgan fingerprint density at radius 3 is 1.71 bits per heavy atom. The first-order valence-corrected chi connectivity index (χ1v) is 5.21. The third kappa shape index (κ3) is 5.33. The number of hydrogen-bond donors (Lipinski definition) is 0. The largest absolute Gasteiger partial charge is 0.432 e. The average molecular weight is 226 g/mol. The van der Waals surface area contributed by atoms with E-state index in [4.69, 9.17) is 0 Å². The second-order valence-corrected chi connectivity index (χ2v) is 3.09. The lowest BCUT2D eigenvalue weighted by Crippen LogP contribution is -1.98. The summed E-state index contributed by atoms with van der Waals surface area (Å²) in [5.41, 5.74) is 0.535. The highest BCUT2D eigenvalue weighted by atomic mass is 16.5. The van der Waals surface area contributed by atoms with Crippen LogP contribution >= 0.6 is 0 Å². The maximum atomic E-state index is 11.0. The summed E-state index contributed by atoms with van der Waals surface area (Å²) in [5.74, 6) is -0.374. The summed E-state index contributed by atoms with van der Waals surface area (Å²) in [5, 5.41) is 0. The van der Waals surface area contributed by atoms with Gasteiger partial charge in [0.2, 0.25) is 0 Å². The van der Waals surface area contributed by atoms with Crippen LogP contribution < -0.4 is 0 Å². The molecule has 0 aliphatic heterocycles. The van der Waals surface area contributed by atoms with E-state index in [0.717, 1.165) is 6.26 Å². The second kappa shape index (κ2) is 7.88. The molecule has 0 heterocycles. The predicted octanol–water partition coefficient (Wildman–Crippen LogP) is 3.67. The molecule has 0 aliphatic rings. The van der Waals surface area contributed by atoms with E-state index in [9.17, 15) is 4.79 Å². The number of hydrogen-bond acceptors (Lipinski definition) is 2. The van der Waals surface area contributed by atoms with E-state index in [1.165, 1.54) is 0 Å². The minimum atomic E-state index is -0.374. The topological polar surface area (TPSA) is 26.3 Å². The van der Waals surface area contributed by atoms with Gasteiger partial charge in [0.15, 0.2) is 0 Å². The molecule has 0 N–H and O–H groups in total. The number of esters is 1. The molecule has 0 aliphatic carbocycles. The lowest BCUT2D eigenvalue weighted by atomic mass is 10.2. The maximum absolute atomic E-state index is 11.0. The van der Waals surface area contributed by atoms with Gasteiger partial charge < -0.3 is 4.74 Å². The van der Waals surface area contributed by atoms with Crippen molar-refractivity contribution in [1.29, 1.82) is 0 Å². The molecule has 2 heteroatoms. The zero-order valence-corrected chi connectivity index (χ0v) is 9.45. The van der Waals surface area contributed by atoms with Crippen LogP contribution in [-0.2, 0) is 4.74 Å². The van der Waals surface area contributed by atoms with Gasteiger partial charge in [-0.2, -0.15) is 0 Å². The molecular weight excluding hydrogens is 212 g/mol. The number of carbonyl (C=O) groups excluding carboxylic acids is 1. The zero-order chi connectivity index (χ0) is 12.3. The van der Waals surface area contributed by atoms with E-state index >= 15 is 0 Å². The Balaban J connectivity index is 0.000000202. The van der Waals surface area contributed by atoms with Crippen LogP contribution in [0.4, 0.5) is 0 Å². The normalized spacial score (nSPS) is 8.47. The molecule has 0 aromatic heterocycles. The Hall–Kier alpha value is -2.35. The lowest BCUT2D eigenvalue weighted by Gasteiger charge is -1.96. The van der Waals surface area contributed by atoms with Crippen molar-refractivity contribution in [2.75, 3.05) is 0 Å². The van der Waals surface area contributed by atoms with Crippen LogP contribution in [-0.4, -0.2) is 5.97 Å². The first kappa shape index (κ1) is 12.7. The first-order valence-electron chi connectivity index (χ1n) is 5.21. The summed E-state index contributed by atoms with van der Waals surface area (Å²) in [6.45, 7) is 3.28. The smallest absolute Gasteiger partial charge is 0.342 e. The van der Waals surface area contributed by atoms with Crippen molar-refractivity contribution >= 4 is 5.97 Å². The highest BCUT2D eigenvalue weighted by Gasteiger charge is 2.01. The van der Waals surface area contributed by atoms with Gasteiger partial charge in [0, 0.05) is 0 Å². The first-order chi connectivity index (χ1) is 8.34. The van der Waals surface area contributed by atoms with Gasteiger partial charge in [0.1, 0.15) is 0 Å². The van der Waals surface area contributed by atoms with Crippen molar-refractivity contribution < 1.29 is 9.53 Å². The monoisotopic (exact) mass is 226 g/mol. The third-order valence-corrected chi connectivity index (χ3v) is 1.87. The molecule has 0 amide bonds. The minimum Gasteiger partial charge on any atom is -0.432 e. The molecule has 17 heavy (non-hydrogen) atoms. The average Bonchev–Trinajstić information content (AvgIpc) is 2.43. The summed E-state index contributed by atoms with van der Waals surface area (Å²) in [6.07, 6.45) is 1.12. The Morgan fingerprint density at radius 2 is 1.29 bits per heavy atom. The fraction of sp³-hybridized carbons (Fsp3) is 0. The van der Waals surface area contributed by atoms with E-state index in [0.29, 0.717) is 5.56 Å². The molecule has 2 aromatic rings. The van der Waals surface area contributed by atoms with Gasteiger partial charge in [-0.15, -0.1) is 0 Å². The molecule has 0 unspecified atom stereocenters. The molecule has 0 saturated heterocycles. The Labute approximate surface area is 101 Å². The van der Waals surface area contributed by atoms with Gasteiger partial charge in [0.05, 0.1) is 11.8 Å². The molecule has 0 fully saturated rings. The number of rotatable bonds is 2. The fourth-order valence-corrected chi connectivity index (χ4v) is 1.10. The van der Waals surface area contributed by atoms with Crippen LogP contribution in [0, 0.1) is 0 Å². The van der Waals surface area contributed by atoms with Crippen LogP contribution in [0.1, 0.15) is 10.4 Å². The van der Waals surface area contributed by atoms with Gasteiger partial charge in [-0.25, -0.2) is 4.79 Å². The molecule has 0 radical (unpaired) electrons. The molecule has 2 rings (SSSR count). The Bertz CT molecular complexity index is 408. The van der Waals surface area contributed by atoms with E-state index in [2.05, 4.69) is 11.3 Å². The van der Waals surface area contributed by atoms with E-state index in [1.807, 2.05) is 42.5 Å². The standard InChI is InChI=1S/C9H8O2.C6H6/c1-2-11-9(10)8-6-4-3-5-7-8;1-2-4-6-5-3-1/h2-7H,1H2;1-6H. The number of carbonyl (C=O) groups is 1. The SMILES string of the molecule is C=COC(=O)c1ccccc1.c1ccccc1. The highest BCUT2D eigenvalue weighted by Crippen LogP contribution is 2.00. The molecule has 0 bridgehead atoms. The summed E-state index contributed by atoms with van der Waals surface area (Å²) in [4.78, 5) is 11.0. The van der Waals surface area contributed by atoms with Crippen molar-refractivity contribution in [3.8, 4) is 0 Å². The number of benzene rings is 2. The van der Waals surface area contributed by atoms with Gasteiger partial charge in [-0.05, 0) is 12.1 Å². The quantitative estimate of drug-likeness (QED) is 0.577. The van der Waals surface area contributed by atoms with Crippen molar-refractivity contribution in [1.82, 2.24) is 0 Å². The second-order valence-electron chi connectivity index (χ2n) is 3.09. The molecule has 0 atom stereocenters. The van der Waals surface area contributed by atoms with Crippen molar-refractivity contribution in [3.05, 3.63) is 85.1 Å². The summed E-state index contributed by atoms with van der Waals surface area (Å²) < 4.78 is 4.55. The Morgan fingerprint density at radius 1 is 0.882 bits per heavy atom. The summed E-state index contributed by atoms with van der Waals surface area (Å²) in [7, 11) is 0. The fourth-order valence-electron chi connectivity index (χ4n) is 1.10. The molecule has 2 aromatic carbocycles. The molecule has 86 valence electrons. The molecule has 0 spiro atoms. The maximum Gasteiger partial charge on any atom is 0.342 e. The number of ether oxygens (including phenoxy) is 1. The van der Waals surface area contributed by atoms with E-state index in [1.54, 1.807) is 24.3 Å². The van der Waals surface area contributed by atoms with Crippen molar-refractivity contribution in [2.45, 2.75) is 0 Å². The van der Waals surface area contributed by atoms with Crippen molar-refractivity contribution in [2.24, 2.45) is 0 Å². The van der Waals surface area contributed by atoms with Crippen molar-refractivity contribution in [3.63, 3.8) is 0 Å². The van der Waals surface area contributed by atoms with Gasteiger partial charge in [-0.3, -0.25) is 0 Å². The van der Waals surface area contributed by atoms with E-state index in [-0.39, 0.29) is 5.97 Å². The van der Waals surface area contributed by atoms with Crippen LogP contribution in [0.25, 0.3) is 0 Å². The predicted molar refractivity (Wildman–Crippen MR) is 68.5 cm³/mol. The summed E-state index contributed by atoms with van der Waals surface area (Å²) >= 11 is 0. The molecular formula is C15H14O2. The lowest BCUT2D eigenvalue weighted by molar-refractivity contribution is 0.0664. The summed E-state index contributed by atoms with van der Waals surface area (Å²) in [6, 6.07) is 20.8. The molecule has 2 nitrogen and oxygen atoms in total. The third-order valence-electron chi connectivity index (χ3n) is 1.87. The van der Waals surface area contributed by atoms with Gasteiger partial charge in [0.25, 0.3) is 0 Å². The molecule has 0 saturated carbocycles. The van der Waals surface area contributed by atoms with Crippen LogP contribution in [0.2, 0.25) is 0 Å². The van der Waals surface area contributed by atoms with E-state index < -0.39 is 0 Å². The Kier molecular flexibility index (Phi) is 5.89. The van der Waals surface area contributed by atoms with Crippen LogP contribution in [0.15, 0.2) is 79.6 Å². The van der Waals surface area contributed by atoms with Crippen LogP contribution in [0.5, 0.6) is 0 Å².